The third-order valence-corrected chi connectivity index (χ3v) is 2.84. The van der Waals surface area contributed by atoms with Crippen molar-refractivity contribution < 1.29 is 47.6 Å². The summed E-state index contributed by atoms with van der Waals surface area (Å²) in [7, 11) is 3.12. The minimum atomic E-state index is -0.677. The molecule has 1 unspecified atom stereocenters. The summed E-state index contributed by atoms with van der Waals surface area (Å²) in [6, 6.07) is -0.932. The van der Waals surface area contributed by atoms with Crippen LogP contribution in [0.25, 0.3) is 0 Å². The van der Waals surface area contributed by atoms with E-state index in [2.05, 4.69) is 4.74 Å². The number of hydrogen-bond acceptors (Lipinski definition) is 4. The predicted molar refractivity (Wildman–Crippen MR) is 59.7 cm³/mol. The largest absolute Gasteiger partial charge is 1.00 e. The van der Waals surface area contributed by atoms with Gasteiger partial charge in [0.2, 0.25) is 0 Å². The van der Waals surface area contributed by atoms with Crippen molar-refractivity contribution in [1.29, 1.82) is 0 Å². The Morgan fingerprint density at radius 3 is 2.79 bits per heavy atom. The molecule has 2 heterocycles. The van der Waals surface area contributed by atoms with Crippen LogP contribution in [0.4, 0.5) is 4.79 Å². The number of rotatable bonds is 1. The van der Waals surface area contributed by atoms with Crippen molar-refractivity contribution in [2.24, 2.45) is 7.05 Å². The SMILES string of the molecule is COC(=O)C1COCCN1C(=O)n1cc[n+](C)c1.[I-]. The first-order valence-electron chi connectivity index (χ1n) is 5.63. The van der Waals surface area contributed by atoms with E-state index in [1.165, 1.54) is 16.6 Å². The molecule has 0 N–H and O–H groups in total. The molecular weight excluding hydrogens is 365 g/mol. The summed E-state index contributed by atoms with van der Waals surface area (Å²) in [6.07, 6.45) is 5.05. The summed E-state index contributed by atoms with van der Waals surface area (Å²) in [6.45, 7) is 0.971. The van der Waals surface area contributed by atoms with Crippen LogP contribution in [-0.2, 0) is 21.3 Å². The molecule has 2 rings (SSSR count). The minimum Gasteiger partial charge on any atom is -1.00 e. The standard InChI is InChI=1S/C11H16N3O4.HI/c1-12-3-4-13(8-12)11(16)14-5-6-18-7-9(14)10(15)17-2;/h3-4,8-9H,5-7H2,1-2H3;1H/q+1;/p-1. The molecule has 0 aliphatic carbocycles. The number of morpholine rings is 1. The molecule has 1 fully saturated rings. The normalized spacial score (nSPS) is 18.6. The van der Waals surface area contributed by atoms with Crippen LogP contribution >= 0.6 is 0 Å². The molecule has 1 aromatic rings. The van der Waals surface area contributed by atoms with Gasteiger partial charge in [-0.05, 0) is 0 Å². The smallest absolute Gasteiger partial charge is 0.416 e. The second kappa shape index (κ2) is 6.85. The zero-order valence-corrected chi connectivity index (χ0v) is 12.9. The van der Waals surface area contributed by atoms with E-state index in [0.29, 0.717) is 13.2 Å². The molecule has 1 atom stereocenters. The summed E-state index contributed by atoms with van der Waals surface area (Å²) in [5.41, 5.74) is 0. The topological polar surface area (TPSA) is 64.7 Å². The second-order valence-electron chi connectivity index (χ2n) is 4.08. The van der Waals surface area contributed by atoms with Crippen molar-refractivity contribution >= 4 is 12.0 Å². The molecule has 19 heavy (non-hydrogen) atoms. The third kappa shape index (κ3) is 3.44. The molecule has 0 bridgehead atoms. The van der Waals surface area contributed by atoms with Gasteiger partial charge in [0.25, 0.3) is 6.33 Å². The maximum atomic E-state index is 12.3. The van der Waals surface area contributed by atoms with E-state index in [1.807, 2.05) is 7.05 Å². The Balaban J connectivity index is 0.00000180. The maximum Gasteiger partial charge on any atom is 0.416 e. The van der Waals surface area contributed by atoms with Gasteiger partial charge in [-0.2, -0.15) is 4.57 Å². The number of hydrogen-bond donors (Lipinski definition) is 0. The lowest BCUT2D eigenvalue weighted by Gasteiger charge is -2.31. The highest BCUT2D eigenvalue weighted by molar-refractivity contribution is 5.84. The maximum absolute atomic E-state index is 12.3. The van der Waals surface area contributed by atoms with E-state index in [9.17, 15) is 9.59 Å². The van der Waals surface area contributed by atoms with Gasteiger partial charge in [0.15, 0.2) is 6.04 Å². The number of amides is 1. The Labute approximate surface area is 128 Å². The molecule has 7 nitrogen and oxygen atoms in total. The monoisotopic (exact) mass is 381 g/mol. The Kier molecular flexibility index (Phi) is 5.73. The van der Waals surface area contributed by atoms with Crippen LogP contribution in [0.1, 0.15) is 0 Å². The molecule has 1 amide bonds. The van der Waals surface area contributed by atoms with Crippen molar-refractivity contribution in [2.45, 2.75) is 6.04 Å². The Hall–Kier alpha value is -1.16. The van der Waals surface area contributed by atoms with Crippen molar-refractivity contribution in [3.05, 3.63) is 18.7 Å². The number of halogens is 1. The van der Waals surface area contributed by atoms with Crippen molar-refractivity contribution in [3.63, 3.8) is 0 Å². The first-order chi connectivity index (χ1) is 8.63. The van der Waals surface area contributed by atoms with E-state index in [-0.39, 0.29) is 36.6 Å². The third-order valence-electron chi connectivity index (χ3n) is 2.84. The quantitative estimate of drug-likeness (QED) is 0.284. The molecule has 0 spiro atoms. The highest BCUT2D eigenvalue weighted by Gasteiger charge is 2.36. The fourth-order valence-corrected chi connectivity index (χ4v) is 1.88. The first-order valence-corrected chi connectivity index (χ1v) is 5.63. The number of carbonyl (C=O) groups excluding carboxylic acids is 2. The van der Waals surface area contributed by atoms with Crippen LogP contribution in [0, 0.1) is 0 Å². The van der Waals surface area contributed by atoms with Crippen LogP contribution in [0.2, 0.25) is 0 Å². The molecule has 1 saturated heterocycles. The number of aromatic nitrogens is 2. The molecule has 1 aromatic heterocycles. The Morgan fingerprint density at radius 1 is 1.47 bits per heavy atom. The predicted octanol–water partition coefficient (Wildman–Crippen LogP) is -3.84. The summed E-state index contributed by atoms with van der Waals surface area (Å²) in [5.74, 6) is -0.459. The van der Waals surface area contributed by atoms with Crippen LogP contribution in [-0.4, -0.2) is 54.4 Å². The van der Waals surface area contributed by atoms with Gasteiger partial charge in [0, 0.05) is 6.54 Å². The van der Waals surface area contributed by atoms with Gasteiger partial charge < -0.3 is 33.5 Å². The van der Waals surface area contributed by atoms with E-state index in [4.69, 9.17) is 4.74 Å². The summed E-state index contributed by atoms with van der Waals surface area (Å²) in [5, 5.41) is 0. The zero-order valence-electron chi connectivity index (χ0n) is 10.8. The molecule has 1 aliphatic heterocycles. The zero-order chi connectivity index (χ0) is 13.1. The van der Waals surface area contributed by atoms with Gasteiger partial charge in [-0.15, -0.1) is 0 Å². The van der Waals surface area contributed by atoms with Crippen molar-refractivity contribution in [2.75, 3.05) is 26.9 Å². The number of methoxy groups -OCH3 is 1. The number of imidazole rings is 1. The van der Waals surface area contributed by atoms with Gasteiger partial charge in [-0.3, -0.25) is 4.90 Å². The number of carbonyl (C=O) groups is 2. The Morgan fingerprint density at radius 2 is 2.21 bits per heavy atom. The fourth-order valence-electron chi connectivity index (χ4n) is 1.88. The highest BCUT2D eigenvalue weighted by atomic mass is 127. The molecule has 0 aromatic carbocycles. The molecule has 106 valence electrons. The molecule has 1 aliphatic rings. The minimum absolute atomic E-state index is 0. The van der Waals surface area contributed by atoms with E-state index < -0.39 is 12.0 Å². The van der Waals surface area contributed by atoms with Gasteiger partial charge in [-0.25, -0.2) is 14.2 Å². The molecule has 0 saturated carbocycles. The summed E-state index contributed by atoms with van der Waals surface area (Å²) in [4.78, 5) is 25.3. The van der Waals surface area contributed by atoms with Crippen molar-refractivity contribution in [3.8, 4) is 0 Å². The fraction of sp³-hybridized carbons (Fsp3) is 0.545. The lowest BCUT2D eigenvalue weighted by molar-refractivity contribution is -0.670. The molecular formula is C11H16IN3O4. The van der Waals surface area contributed by atoms with E-state index in [0.717, 1.165) is 0 Å². The number of nitrogens with zero attached hydrogens (tertiary/aromatic N) is 3. The van der Waals surface area contributed by atoms with Crippen molar-refractivity contribution in [1.82, 2.24) is 9.47 Å². The average molecular weight is 381 g/mol. The van der Waals surface area contributed by atoms with Crippen LogP contribution in [0.5, 0.6) is 0 Å². The lowest BCUT2D eigenvalue weighted by Crippen LogP contribution is -3.00. The molecule has 8 heteroatoms. The van der Waals surface area contributed by atoms with Crippen LogP contribution in [0.15, 0.2) is 18.7 Å². The number of aryl methyl sites for hydroxylation is 1. The summed E-state index contributed by atoms with van der Waals surface area (Å²) < 4.78 is 13.1. The number of ether oxygens (including phenoxy) is 2. The Bertz CT molecular complexity index is 463. The van der Waals surface area contributed by atoms with E-state index in [1.54, 1.807) is 23.3 Å². The van der Waals surface area contributed by atoms with E-state index >= 15 is 0 Å². The average Bonchev–Trinajstić information content (AvgIpc) is 2.83. The van der Waals surface area contributed by atoms with Crippen LogP contribution in [0.3, 0.4) is 0 Å². The lowest BCUT2D eigenvalue weighted by atomic mass is 10.2. The van der Waals surface area contributed by atoms with Crippen LogP contribution < -0.4 is 28.5 Å². The first kappa shape index (κ1) is 15.9. The second-order valence-corrected chi connectivity index (χ2v) is 4.08. The van der Waals surface area contributed by atoms with Gasteiger partial charge in [-0.1, -0.05) is 0 Å². The van der Waals surface area contributed by atoms with Gasteiger partial charge >= 0.3 is 12.0 Å². The number of esters is 1. The molecule has 0 radical (unpaired) electrons. The summed E-state index contributed by atoms with van der Waals surface area (Å²) >= 11 is 0. The highest BCUT2D eigenvalue weighted by Crippen LogP contribution is 2.10. The van der Waals surface area contributed by atoms with Gasteiger partial charge in [0.05, 0.1) is 27.4 Å². The van der Waals surface area contributed by atoms with Gasteiger partial charge in [0.1, 0.15) is 12.4 Å².